The van der Waals surface area contributed by atoms with Gasteiger partial charge in [-0.15, -0.1) is 0 Å². The van der Waals surface area contributed by atoms with Gasteiger partial charge in [0.05, 0.1) is 5.69 Å². The lowest BCUT2D eigenvalue weighted by Crippen LogP contribution is -2.22. The van der Waals surface area contributed by atoms with Crippen LogP contribution >= 0.6 is 0 Å². The first-order chi connectivity index (χ1) is 9.69. The van der Waals surface area contributed by atoms with E-state index in [1.54, 1.807) is 4.90 Å². The summed E-state index contributed by atoms with van der Waals surface area (Å²) in [4.78, 5) is 12.6. The van der Waals surface area contributed by atoms with E-state index < -0.39 is 0 Å². The molecule has 1 aromatic carbocycles. The van der Waals surface area contributed by atoms with Gasteiger partial charge in [0.2, 0.25) is 5.91 Å². The Labute approximate surface area is 121 Å². The third-order valence-electron chi connectivity index (χ3n) is 3.14. The highest BCUT2D eigenvalue weighted by molar-refractivity contribution is 5.72. The molecule has 4 heteroatoms. The number of rotatable bonds is 8. The molecule has 0 saturated carbocycles. The van der Waals surface area contributed by atoms with Crippen molar-refractivity contribution in [2.75, 3.05) is 18.0 Å². The Morgan fingerprint density at radius 1 is 1.35 bits per heavy atom. The third kappa shape index (κ3) is 5.31. The number of hydrogen-bond donors (Lipinski definition) is 1. The standard InChI is InChI=1S/C16H23N3O/c1-3-4-12-19(13-17)16-10-6-5-8-15(16)9-7-11-18-14(2)20/h5-6,8,10H,3-4,7,9,11-12H2,1-2H3,(H,18,20). The fraction of sp³-hybridized carbons (Fsp3) is 0.500. The molecular weight excluding hydrogens is 250 g/mol. The minimum atomic E-state index is -0.000109. The predicted octanol–water partition coefficient (Wildman–Crippen LogP) is 2.84. The SMILES string of the molecule is CCCCN(C#N)c1ccccc1CCCNC(C)=O. The number of nitriles is 1. The van der Waals surface area contributed by atoms with Crippen LogP contribution in [0.3, 0.4) is 0 Å². The first-order valence-corrected chi connectivity index (χ1v) is 7.18. The Bertz CT molecular complexity index is 465. The lowest BCUT2D eigenvalue weighted by molar-refractivity contribution is -0.118. The lowest BCUT2D eigenvalue weighted by Gasteiger charge is -2.19. The van der Waals surface area contributed by atoms with E-state index >= 15 is 0 Å². The molecule has 1 amide bonds. The van der Waals surface area contributed by atoms with E-state index in [9.17, 15) is 10.1 Å². The third-order valence-corrected chi connectivity index (χ3v) is 3.14. The topological polar surface area (TPSA) is 56.1 Å². The minimum Gasteiger partial charge on any atom is -0.356 e. The molecule has 0 aliphatic rings. The second-order valence-corrected chi connectivity index (χ2v) is 4.82. The van der Waals surface area contributed by atoms with Gasteiger partial charge in [-0.05, 0) is 30.9 Å². The van der Waals surface area contributed by atoms with Crippen LogP contribution in [0.5, 0.6) is 0 Å². The maximum absolute atomic E-state index is 10.8. The molecule has 0 atom stereocenters. The van der Waals surface area contributed by atoms with E-state index in [4.69, 9.17) is 0 Å². The van der Waals surface area contributed by atoms with Crippen molar-refractivity contribution in [2.45, 2.75) is 39.5 Å². The molecule has 108 valence electrons. The summed E-state index contributed by atoms with van der Waals surface area (Å²) in [6.45, 7) is 5.08. The smallest absolute Gasteiger partial charge is 0.216 e. The van der Waals surface area contributed by atoms with E-state index in [0.29, 0.717) is 6.54 Å². The molecule has 0 heterocycles. The highest BCUT2D eigenvalue weighted by Gasteiger charge is 2.09. The molecule has 0 aliphatic heterocycles. The summed E-state index contributed by atoms with van der Waals surface area (Å²) >= 11 is 0. The number of hydrogen-bond acceptors (Lipinski definition) is 3. The number of anilines is 1. The van der Waals surface area contributed by atoms with Crippen molar-refractivity contribution in [3.63, 3.8) is 0 Å². The average molecular weight is 273 g/mol. The van der Waals surface area contributed by atoms with Crippen LogP contribution < -0.4 is 10.2 Å². The summed E-state index contributed by atoms with van der Waals surface area (Å²) in [6, 6.07) is 8.00. The second-order valence-electron chi connectivity index (χ2n) is 4.82. The average Bonchev–Trinajstić information content (AvgIpc) is 2.45. The van der Waals surface area contributed by atoms with Gasteiger partial charge in [0.25, 0.3) is 0 Å². The summed E-state index contributed by atoms with van der Waals surface area (Å²) in [5, 5.41) is 12.1. The number of para-hydroxylation sites is 1. The zero-order chi connectivity index (χ0) is 14.8. The Kier molecular flexibility index (Phi) is 7.20. The molecule has 0 spiro atoms. The normalized spacial score (nSPS) is 9.85. The number of amides is 1. The highest BCUT2D eigenvalue weighted by Crippen LogP contribution is 2.21. The number of carbonyl (C=O) groups is 1. The van der Waals surface area contributed by atoms with E-state index in [2.05, 4.69) is 24.5 Å². The number of benzene rings is 1. The molecule has 20 heavy (non-hydrogen) atoms. The number of aryl methyl sites for hydroxylation is 1. The van der Waals surface area contributed by atoms with Crippen LogP contribution in [0.15, 0.2) is 24.3 Å². The largest absolute Gasteiger partial charge is 0.356 e. The second kappa shape index (κ2) is 8.98. The van der Waals surface area contributed by atoms with Crippen molar-refractivity contribution >= 4 is 11.6 Å². The first kappa shape index (κ1) is 16.0. The summed E-state index contributed by atoms with van der Waals surface area (Å²) in [7, 11) is 0. The maximum atomic E-state index is 10.8. The number of unbranched alkanes of at least 4 members (excludes halogenated alkanes) is 1. The summed E-state index contributed by atoms with van der Waals surface area (Å²) < 4.78 is 0. The van der Waals surface area contributed by atoms with Gasteiger partial charge in [0, 0.05) is 20.0 Å². The Morgan fingerprint density at radius 2 is 2.10 bits per heavy atom. The molecule has 0 aliphatic carbocycles. The van der Waals surface area contributed by atoms with Gasteiger partial charge in [0.15, 0.2) is 6.19 Å². The molecule has 0 aromatic heterocycles. The Balaban J connectivity index is 2.66. The number of carbonyl (C=O) groups excluding carboxylic acids is 1. The van der Waals surface area contributed by atoms with Crippen LogP contribution in [0.25, 0.3) is 0 Å². The van der Waals surface area contributed by atoms with Crippen LogP contribution in [0.1, 0.15) is 38.7 Å². The summed E-state index contributed by atoms with van der Waals surface area (Å²) in [5.41, 5.74) is 2.15. The zero-order valence-corrected chi connectivity index (χ0v) is 12.4. The maximum Gasteiger partial charge on any atom is 0.216 e. The van der Waals surface area contributed by atoms with Crippen molar-refractivity contribution in [3.8, 4) is 6.19 Å². The molecule has 0 bridgehead atoms. The van der Waals surface area contributed by atoms with Crippen molar-refractivity contribution < 1.29 is 4.79 Å². The fourth-order valence-electron chi connectivity index (χ4n) is 2.07. The zero-order valence-electron chi connectivity index (χ0n) is 12.4. The predicted molar refractivity (Wildman–Crippen MR) is 81.3 cm³/mol. The van der Waals surface area contributed by atoms with Gasteiger partial charge in [-0.25, -0.2) is 0 Å². The molecule has 4 nitrogen and oxygen atoms in total. The van der Waals surface area contributed by atoms with Gasteiger partial charge in [0.1, 0.15) is 0 Å². The molecule has 1 aromatic rings. The molecule has 0 fully saturated rings. The molecule has 1 N–H and O–H groups in total. The van der Waals surface area contributed by atoms with Gasteiger partial charge in [-0.1, -0.05) is 31.5 Å². The molecular formula is C16H23N3O. The quantitative estimate of drug-likeness (QED) is 0.450. The van der Waals surface area contributed by atoms with Crippen molar-refractivity contribution in [1.29, 1.82) is 5.26 Å². The van der Waals surface area contributed by atoms with E-state index in [1.807, 2.05) is 18.2 Å². The van der Waals surface area contributed by atoms with Crippen LogP contribution in [0, 0.1) is 11.5 Å². The van der Waals surface area contributed by atoms with E-state index in [-0.39, 0.29) is 5.91 Å². The lowest BCUT2D eigenvalue weighted by atomic mass is 10.1. The van der Waals surface area contributed by atoms with Crippen molar-refractivity contribution in [3.05, 3.63) is 29.8 Å². The molecule has 1 rings (SSSR count). The minimum absolute atomic E-state index is 0.000109. The molecule has 0 radical (unpaired) electrons. The van der Waals surface area contributed by atoms with Crippen LogP contribution in [-0.2, 0) is 11.2 Å². The first-order valence-electron chi connectivity index (χ1n) is 7.18. The summed E-state index contributed by atoms with van der Waals surface area (Å²) in [6.07, 6.45) is 6.09. The van der Waals surface area contributed by atoms with Gasteiger partial charge in [-0.3, -0.25) is 9.69 Å². The van der Waals surface area contributed by atoms with Crippen LogP contribution in [-0.4, -0.2) is 19.0 Å². The van der Waals surface area contributed by atoms with E-state index in [0.717, 1.165) is 43.5 Å². The van der Waals surface area contributed by atoms with Crippen molar-refractivity contribution in [2.24, 2.45) is 0 Å². The van der Waals surface area contributed by atoms with Gasteiger partial charge < -0.3 is 5.32 Å². The monoisotopic (exact) mass is 273 g/mol. The van der Waals surface area contributed by atoms with Crippen LogP contribution in [0.2, 0.25) is 0 Å². The fourth-order valence-corrected chi connectivity index (χ4v) is 2.07. The van der Waals surface area contributed by atoms with Gasteiger partial charge >= 0.3 is 0 Å². The number of nitrogens with zero attached hydrogens (tertiary/aromatic N) is 2. The number of nitrogens with one attached hydrogen (secondary N) is 1. The van der Waals surface area contributed by atoms with Gasteiger partial charge in [-0.2, -0.15) is 5.26 Å². The Morgan fingerprint density at radius 3 is 2.75 bits per heavy atom. The summed E-state index contributed by atoms with van der Waals surface area (Å²) in [5.74, 6) is -0.000109. The molecule has 0 saturated heterocycles. The van der Waals surface area contributed by atoms with Crippen LogP contribution in [0.4, 0.5) is 5.69 Å². The Hall–Kier alpha value is -2.02. The van der Waals surface area contributed by atoms with Crippen molar-refractivity contribution in [1.82, 2.24) is 5.32 Å². The highest BCUT2D eigenvalue weighted by atomic mass is 16.1. The van der Waals surface area contributed by atoms with E-state index in [1.165, 1.54) is 6.92 Å². The molecule has 0 unspecified atom stereocenters.